The maximum absolute atomic E-state index is 12.2. The third-order valence-electron chi connectivity index (χ3n) is 3.68. The first kappa shape index (κ1) is 9.85. The molecule has 2 unspecified atom stereocenters. The van der Waals surface area contributed by atoms with Crippen LogP contribution in [-0.2, 0) is 11.2 Å². The molecule has 0 aromatic heterocycles. The number of rotatable bonds is 0. The minimum absolute atomic E-state index is 0.00282. The molecule has 1 aliphatic carbocycles. The van der Waals surface area contributed by atoms with E-state index in [1.54, 1.807) is 12.1 Å². The Bertz CT molecular complexity index is 439. The number of ether oxygens (including phenoxy) is 1. The van der Waals surface area contributed by atoms with E-state index in [1.807, 2.05) is 6.07 Å². The van der Waals surface area contributed by atoms with Gasteiger partial charge < -0.3 is 9.84 Å². The molecule has 1 saturated heterocycles. The number of hydrogen-bond acceptors (Lipinski definition) is 3. The first-order chi connectivity index (χ1) is 7.75. The molecule has 1 aliphatic heterocycles. The average molecular weight is 218 g/mol. The molecule has 1 aromatic rings. The Labute approximate surface area is 94.0 Å². The maximum Gasteiger partial charge on any atom is 0.168 e. The van der Waals surface area contributed by atoms with Crippen molar-refractivity contribution in [1.29, 1.82) is 0 Å². The fraction of sp³-hybridized carbons (Fsp3) is 0.462. The van der Waals surface area contributed by atoms with Gasteiger partial charge >= 0.3 is 0 Å². The van der Waals surface area contributed by atoms with Gasteiger partial charge in [0.25, 0.3) is 0 Å². The first-order valence-corrected chi connectivity index (χ1v) is 5.69. The average Bonchev–Trinajstić information content (AvgIpc) is 2.31. The summed E-state index contributed by atoms with van der Waals surface area (Å²) in [5, 5.41) is 9.42. The summed E-state index contributed by atoms with van der Waals surface area (Å²) in [4.78, 5) is 12.2. The highest BCUT2D eigenvalue weighted by Crippen LogP contribution is 2.36. The molecule has 0 saturated carbocycles. The Hall–Kier alpha value is -1.35. The van der Waals surface area contributed by atoms with E-state index in [-0.39, 0.29) is 17.5 Å². The Morgan fingerprint density at radius 1 is 1.38 bits per heavy atom. The number of phenolic OH excluding ortho intramolecular Hbond substituents is 1. The summed E-state index contributed by atoms with van der Waals surface area (Å²) in [6.07, 6.45) is 1.91. The minimum Gasteiger partial charge on any atom is -0.508 e. The van der Waals surface area contributed by atoms with E-state index in [1.165, 1.54) is 0 Å². The molecule has 1 N–H and O–H groups in total. The molecule has 16 heavy (non-hydrogen) atoms. The number of carbonyl (C=O) groups excluding carboxylic acids is 1. The Morgan fingerprint density at radius 2 is 2.25 bits per heavy atom. The largest absolute Gasteiger partial charge is 0.508 e. The highest BCUT2D eigenvalue weighted by atomic mass is 16.5. The molecule has 3 heteroatoms. The summed E-state index contributed by atoms with van der Waals surface area (Å²) in [6.45, 7) is 1.31. The third-order valence-corrected chi connectivity index (χ3v) is 3.68. The van der Waals surface area contributed by atoms with Gasteiger partial charge in [-0.25, -0.2) is 0 Å². The first-order valence-electron chi connectivity index (χ1n) is 5.69. The van der Waals surface area contributed by atoms with Crippen LogP contribution in [0.1, 0.15) is 22.3 Å². The van der Waals surface area contributed by atoms with Crippen molar-refractivity contribution < 1.29 is 14.6 Å². The molecule has 2 atom stereocenters. The van der Waals surface area contributed by atoms with Crippen LogP contribution in [0.3, 0.4) is 0 Å². The summed E-state index contributed by atoms with van der Waals surface area (Å²) in [6, 6.07) is 5.11. The number of ketones is 1. The Kier molecular flexibility index (Phi) is 2.21. The standard InChI is InChI=1S/C13H14O3/c14-10-2-1-8-5-9-3-4-16-7-12(9)13(15)11(8)6-10/h1-2,6,9,12,14H,3-5,7H2. The van der Waals surface area contributed by atoms with Gasteiger partial charge in [0.05, 0.1) is 6.61 Å². The fourth-order valence-corrected chi connectivity index (χ4v) is 2.77. The molecule has 2 aliphatic rings. The van der Waals surface area contributed by atoms with Crippen LogP contribution in [0.25, 0.3) is 0 Å². The van der Waals surface area contributed by atoms with E-state index in [9.17, 15) is 9.90 Å². The third kappa shape index (κ3) is 1.43. The number of aromatic hydroxyl groups is 1. The van der Waals surface area contributed by atoms with E-state index >= 15 is 0 Å². The van der Waals surface area contributed by atoms with Crippen molar-refractivity contribution in [1.82, 2.24) is 0 Å². The molecule has 0 bridgehead atoms. The summed E-state index contributed by atoms with van der Waals surface area (Å²) >= 11 is 0. The second-order valence-electron chi connectivity index (χ2n) is 4.64. The van der Waals surface area contributed by atoms with Crippen molar-refractivity contribution in [2.75, 3.05) is 13.2 Å². The van der Waals surface area contributed by atoms with Gasteiger partial charge in [-0.3, -0.25) is 4.79 Å². The lowest BCUT2D eigenvalue weighted by molar-refractivity contribution is 0.0159. The molecule has 0 radical (unpaired) electrons. The molecule has 84 valence electrons. The second-order valence-corrected chi connectivity index (χ2v) is 4.64. The second kappa shape index (κ2) is 3.59. The van der Waals surface area contributed by atoms with Crippen molar-refractivity contribution in [3.8, 4) is 5.75 Å². The van der Waals surface area contributed by atoms with Crippen LogP contribution in [0.5, 0.6) is 5.75 Å². The zero-order valence-corrected chi connectivity index (χ0v) is 8.98. The molecule has 3 rings (SSSR count). The normalized spacial score (nSPS) is 28.4. The SMILES string of the molecule is O=C1c2cc(O)ccc2CC2CCOCC12. The molecule has 0 amide bonds. The summed E-state index contributed by atoms with van der Waals surface area (Å²) in [7, 11) is 0. The highest BCUT2D eigenvalue weighted by Gasteiger charge is 2.37. The van der Waals surface area contributed by atoms with Crippen LogP contribution in [0.2, 0.25) is 0 Å². The smallest absolute Gasteiger partial charge is 0.168 e. The fourth-order valence-electron chi connectivity index (χ4n) is 2.77. The lowest BCUT2D eigenvalue weighted by Crippen LogP contribution is -2.38. The minimum atomic E-state index is 0.00282. The Morgan fingerprint density at radius 3 is 3.12 bits per heavy atom. The van der Waals surface area contributed by atoms with Crippen molar-refractivity contribution in [3.05, 3.63) is 29.3 Å². The zero-order chi connectivity index (χ0) is 11.1. The molecule has 1 fully saturated rings. The molecule has 1 aromatic carbocycles. The van der Waals surface area contributed by atoms with Gasteiger partial charge in [-0.05, 0) is 36.5 Å². The van der Waals surface area contributed by atoms with E-state index in [4.69, 9.17) is 4.74 Å². The van der Waals surface area contributed by atoms with Gasteiger partial charge in [-0.15, -0.1) is 0 Å². The van der Waals surface area contributed by atoms with Crippen LogP contribution in [0.4, 0.5) is 0 Å². The highest BCUT2D eigenvalue weighted by molar-refractivity contribution is 6.01. The number of phenols is 1. The van der Waals surface area contributed by atoms with Gasteiger partial charge in [0, 0.05) is 18.1 Å². The molecule has 3 nitrogen and oxygen atoms in total. The predicted octanol–water partition coefficient (Wildman–Crippen LogP) is 1.78. The van der Waals surface area contributed by atoms with Crippen molar-refractivity contribution >= 4 is 5.78 Å². The van der Waals surface area contributed by atoms with Crippen LogP contribution in [0.15, 0.2) is 18.2 Å². The summed E-state index contributed by atoms with van der Waals surface area (Å²) in [5.74, 6) is 0.741. The lowest BCUT2D eigenvalue weighted by Gasteiger charge is -2.35. The number of carbonyl (C=O) groups is 1. The zero-order valence-electron chi connectivity index (χ0n) is 8.98. The van der Waals surface area contributed by atoms with Crippen molar-refractivity contribution in [3.63, 3.8) is 0 Å². The Balaban J connectivity index is 2.03. The van der Waals surface area contributed by atoms with E-state index in [2.05, 4.69) is 0 Å². The van der Waals surface area contributed by atoms with E-state index < -0.39 is 0 Å². The predicted molar refractivity (Wildman–Crippen MR) is 58.6 cm³/mol. The maximum atomic E-state index is 12.2. The van der Waals surface area contributed by atoms with Gasteiger partial charge in [0.1, 0.15) is 5.75 Å². The van der Waals surface area contributed by atoms with Crippen LogP contribution >= 0.6 is 0 Å². The van der Waals surface area contributed by atoms with Crippen LogP contribution in [0, 0.1) is 11.8 Å². The number of fused-ring (bicyclic) bond motifs is 2. The van der Waals surface area contributed by atoms with Gasteiger partial charge in [-0.1, -0.05) is 6.07 Å². The van der Waals surface area contributed by atoms with Crippen LogP contribution in [-0.4, -0.2) is 24.1 Å². The van der Waals surface area contributed by atoms with Gasteiger partial charge in [-0.2, -0.15) is 0 Å². The van der Waals surface area contributed by atoms with Crippen LogP contribution < -0.4 is 0 Å². The summed E-state index contributed by atoms with van der Waals surface area (Å²) in [5.41, 5.74) is 1.76. The topological polar surface area (TPSA) is 46.5 Å². The molecular weight excluding hydrogens is 204 g/mol. The van der Waals surface area contributed by atoms with E-state index in [0.29, 0.717) is 18.1 Å². The van der Waals surface area contributed by atoms with Gasteiger partial charge in [0.2, 0.25) is 0 Å². The van der Waals surface area contributed by atoms with Gasteiger partial charge in [0.15, 0.2) is 5.78 Å². The van der Waals surface area contributed by atoms with E-state index in [0.717, 1.165) is 25.0 Å². The van der Waals surface area contributed by atoms with Crippen molar-refractivity contribution in [2.24, 2.45) is 11.8 Å². The monoisotopic (exact) mass is 218 g/mol. The number of Topliss-reactive ketones (excluding diaryl/α,β-unsaturated/α-hetero) is 1. The molecule has 0 spiro atoms. The number of hydrogen-bond donors (Lipinski definition) is 1. The molecular formula is C13H14O3. The lowest BCUT2D eigenvalue weighted by atomic mass is 9.73. The van der Waals surface area contributed by atoms with Crippen molar-refractivity contribution in [2.45, 2.75) is 12.8 Å². The summed E-state index contributed by atoms with van der Waals surface area (Å²) < 4.78 is 5.37. The quantitative estimate of drug-likeness (QED) is 0.722. The number of benzene rings is 1. The molecule has 1 heterocycles.